The highest BCUT2D eigenvalue weighted by Gasteiger charge is 2.11. The highest BCUT2D eigenvalue weighted by Crippen LogP contribution is 2.29. The zero-order valence-electron chi connectivity index (χ0n) is 10.3. The smallest absolute Gasteiger partial charge is 0.226 e. The van der Waals surface area contributed by atoms with Crippen molar-refractivity contribution < 1.29 is 9.13 Å². The van der Waals surface area contributed by atoms with Gasteiger partial charge in [0.05, 0.1) is 0 Å². The molecule has 3 nitrogen and oxygen atoms in total. The van der Waals surface area contributed by atoms with Crippen LogP contribution in [0.25, 0.3) is 0 Å². The first-order chi connectivity index (χ1) is 8.47. The topological polar surface area (TPSA) is 35.0 Å². The van der Waals surface area contributed by atoms with E-state index in [9.17, 15) is 4.39 Å². The van der Waals surface area contributed by atoms with Crippen molar-refractivity contribution in [2.24, 2.45) is 0 Å². The Kier molecular flexibility index (Phi) is 3.48. The molecule has 2 rings (SSSR count). The minimum Gasteiger partial charge on any atom is -0.438 e. The summed E-state index contributed by atoms with van der Waals surface area (Å²) in [4.78, 5) is 8.18. The van der Waals surface area contributed by atoms with Crippen LogP contribution in [-0.2, 0) is 0 Å². The largest absolute Gasteiger partial charge is 0.438 e. The van der Waals surface area contributed by atoms with Crippen LogP contribution < -0.4 is 4.74 Å². The van der Waals surface area contributed by atoms with E-state index in [1.165, 1.54) is 12.1 Å². The maximum atomic E-state index is 13.2. The SMILES string of the molecule is Cc1nc(Cl)c(C)c(Oc2cc(F)ccc2C)n1. The molecule has 94 valence electrons. The van der Waals surface area contributed by atoms with Crippen LogP contribution in [0.3, 0.4) is 0 Å². The van der Waals surface area contributed by atoms with Crippen LogP contribution in [-0.4, -0.2) is 9.97 Å². The number of nitrogens with zero attached hydrogens (tertiary/aromatic N) is 2. The van der Waals surface area contributed by atoms with Gasteiger partial charge < -0.3 is 4.74 Å². The monoisotopic (exact) mass is 266 g/mol. The lowest BCUT2D eigenvalue weighted by Gasteiger charge is -2.11. The predicted octanol–water partition coefficient (Wildman–Crippen LogP) is 3.99. The Labute approximate surface area is 110 Å². The molecule has 1 aromatic heterocycles. The van der Waals surface area contributed by atoms with Gasteiger partial charge in [0, 0.05) is 11.6 Å². The fourth-order valence-corrected chi connectivity index (χ4v) is 1.66. The molecule has 2 aromatic rings. The van der Waals surface area contributed by atoms with Crippen molar-refractivity contribution in [3.05, 3.63) is 46.1 Å². The van der Waals surface area contributed by atoms with Crippen molar-refractivity contribution in [3.63, 3.8) is 0 Å². The van der Waals surface area contributed by atoms with Gasteiger partial charge in [-0.1, -0.05) is 17.7 Å². The van der Waals surface area contributed by atoms with Crippen LogP contribution in [0.2, 0.25) is 5.15 Å². The van der Waals surface area contributed by atoms with Crippen molar-refractivity contribution in [1.82, 2.24) is 9.97 Å². The van der Waals surface area contributed by atoms with Crippen LogP contribution in [0.4, 0.5) is 4.39 Å². The first-order valence-corrected chi connectivity index (χ1v) is 5.80. The Morgan fingerprint density at radius 1 is 1.17 bits per heavy atom. The van der Waals surface area contributed by atoms with Crippen LogP contribution in [0, 0.1) is 26.6 Å². The normalized spacial score (nSPS) is 10.5. The van der Waals surface area contributed by atoms with Gasteiger partial charge in [0.25, 0.3) is 0 Å². The summed E-state index contributed by atoms with van der Waals surface area (Å²) in [5.74, 6) is 0.924. The molecule has 0 N–H and O–H groups in total. The van der Waals surface area contributed by atoms with Gasteiger partial charge >= 0.3 is 0 Å². The number of benzene rings is 1. The lowest BCUT2D eigenvalue weighted by molar-refractivity contribution is 0.448. The molecule has 5 heteroatoms. The quantitative estimate of drug-likeness (QED) is 0.771. The van der Waals surface area contributed by atoms with Gasteiger partial charge in [-0.05, 0) is 32.4 Å². The molecule has 18 heavy (non-hydrogen) atoms. The number of rotatable bonds is 2. The number of hydrogen-bond donors (Lipinski definition) is 0. The molecular formula is C13H12ClFN2O. The molecule has 0 saturated carbocycles. The third kappa shape index (κ3) is 2.59. The van der Waals surface area contributed by atoms with E-state index in [2.05, 4.69) is 9.97 Å². The van der Waals surface area contributed by atoms with Crippen molar-refractivity contribution >= 4 is 11.6 Å². The molecule has 0 saturated heterocycles. The highest BCUT2D eigenvalue weighted by atomic mass is 35.5. The van der Waals surface area contributed by atoms with Crippen LogP contribution in [0.1, 0.15) is 17.0 Å². The predicted molar refractivity (Wildman–Crippen MR) is 67.7 cm³/mol. The third-order valence-electron chi connectivity index (χ3n) is 2.51. The minimum atomic E-state index is -0.356. The second-order valence-electron chi connectivity index (χ2n) is 4.00. The molecule has 0 fully saturated rings. The lowest BCUT2D eigenvalue weighted by atomic mass is 10.2. The Hall–Kier alpha value is -1.68. The number of halogens is 2. The van der Waals surface area contributed by atoms with E-state index in [0.717, 1.165) is 5.56 Å². The molecule has 0 atom stereocenters. The Balaban J connectivity index is 2.43. The number of ether oxygens (including phenoxy) is 1. The van der Waals surface area contributed by atoms with E-state index < -0.39 is 0 Å². The summed E-state index contributed by atoms with van der Waals surface area (Å²) < 4.78 is 18.8. The van der Waals surface area contributed by atoms with Gasteiger partial charge in [0.2, 0.25) is 5.88 Å². The fourth-order valence-electron chi connectivity index (χ4n) is 1.46. The number of aryl methyl sites for hydroxylation is 2. The molecule has 0 aliphatic rings. The van der Waals surface area contributed by atoms with Gasteiger partial charge in [-0.15, -0.1) is 0 Å². The molecule has 1 aromatic carbocycles. The summed E-state index contributed by atoms with van der Waals surface area (Å²) in [7, 11) is 0. The second kappa shape index (κ2) is 4.90. The van der Waals surface area contributed by atoms with Crippen molar-refractivity contribution in [2.75, 3.05) is 0 Å². The first-order valence-electron chi connectivity index (χ1n) is 5.42. The van der Waals surface area contributed by atoms with Gasteiger partial charge in [0.15, 0.2) is 0 Å². The molecule has 0 radical (unpaired) electrons. The van der Waals surface area contributed by atoms with Crippen LogP contribution in [0.5, 0.6) is 11.6 Å². The third-order valence-corrected chi connectivity index (χ3v) is 2.88. The van der Waals surface area contributed by atoms with E-state index in [-0.39, 0.29) is 5.82 Å². The molecule has 0 amide bonds. The Morgan fingerprint density at radius 3 is 2.61 bits per heavy atom. The molecule has 1 heterocycles. The molecule has 0 aliphatic carbocycles. The molecule has 0 bridgehead atoms. The average Bonchev–Trinajstić information content (AvgIpc) is 2.30. The van der Waals surface area contributed by atoms with Crippen LogP contribution in [0.15, 0.2) is 18.2 Å². The number of hydrogen-bond acceptors (Lipinski definition) is 3. The summed E-state index contributed by atoms with van der Waals surface area (Å²) in [5.41, 5.74) is 1.45. The van der Waals surface area contributed by atoms with Crippen molar-refractivity contribution in [3.8, 4) is 11.6 Å². The van der Waals surface area contributed by atoms with Gasteiger partial charge in [-0.3, -0.25) is 0 Å². The molecule has 0 unspecified atom stereocenters. The highest BCUT2D eigenvalue weighted by molar-refractivity contribution is 6.30. The molecule has 0 spiro atoms. The van der Waals surface area contributed by atoms with Crippen LogP contribution >= 0.6 is 11.6 Å². The maximum Gasteiger partial charge on any atom is 0.226 e. The fraction of sp³-hybridized carbons (Fsp3) is 0.231. The van der Waals surface area contributed by atoms with Gasteiger partial charge in [-0.2, -0.15) is 4.98 Å². The standard InChI is InChI=1S/C13H12ClFN2O/c1-7-4-5-10(15)6-11(7)18-13-8(2)12(14)16-9(3)17-13/h4-6H,1-3H3. The first kappa shape index (κ1) is 12.8. The van der Waals surface area contributed by atoms with Gasteiger partial charge in [-0.25, -0.2) is 9.37 Å². The van der Waals surface area contributed by atoms with Gasteiger partial charge in [0.1, 0.15) is 22.5 Å². The number of aromatic nitrogens is 2. The molecule has 0 aliphatic heterocycles. The zero-order valence-corrected chi connectivity index (χ0v) is 11.0. The van der Waals surface area contributed by atoms with Crippen molar-refractivity contribution in [2.45, 2.75) is 20.8 Å². The van der Waals surface area contributed by atoms with E-state index in [0.29, 0.717) is 28.2 Å². The van der Waals surface area contributed by atoms with E-state index in [4.69, 9.17) is 16.3 Å². The molecular weight excluding hydrogens is 255 g/mol. The summed E-state index contributed by atoms with van der Waals surface area (Å²) >= 11 is 5.95. The average molecular weight is 267 g/mol. The second-order valence-corrected chi connectivity index (χ2v) is 4.36. The van der Waals surface area contributed by atoms with E-state index >= 15 is 0 Å². The summed E-state index contributed by atoms with van der Waals surface area (Å²) in [5, 5.41) is 0.339. The zero-order chi connectivity index (χ0) is 13.3. The lowest BCUT2D eigenvalue weighted by Crippen LogP contribution is -1.98. The van der Waals surface area contributed by atoms with Crippen molar-refractivity contribution in [1.29, 1.82) is 0 Å². The Bertz CT molecular complexity index is 602. The summed E-state index contributed by atoms with van der Waals surface area (Å²) in [6, 6.07) is 4.35. The summed E-state index contributed by atoms with van der Waals surface area (Å²) in [6.45, 7) is 5.31. The maximum absolute atomic E-state index is 13.2. The van der Waals surface area contributed by atoms with E-state index in [1.807, 2.05) is 6.92 Å². The minimum absolute atomic E-state index is 0.339. The summed E-state index contributed by atoms with van der Waals surface area (Å²) in [6.07, 6.45) is 0. The van der Waals surface area contributed by atoms with E-state index in [1.54, 1.807) is 19.9 Å². The Morgan fingerprint density at radius 2 is 1.89 bits per heavy atom.